The second kappa shape index (κ2) is 8.69. The van der Waals surface area contributed by atoms with E-state index >= 15 is 0 Å². The van der Waals surface area contributed by atoms with E-state index in [1.54, 1.807) is 0 Å². The van der Waals surface area contributed by atoms with Crippen LogP contribution in [0.4, 0.5) is 0 Å². The molecule has 0 aliphatic heterocycles. The first-order valence-electron chi connectivity index (χ1n) is 9.30. The molecule has 0 bridgehead atoms. The Hall–Kier alpha value is -0.860. The van der Waals surface area contributed by atoms with Gasteiger partial charge in [-0.15, -0.1) is 0 Å². The van der Waals surface area contributed by atoms with Crippen LogP contribution < -0.4 is 0 Å². The Labute approximate surface area is 138 Å². The Morgan fingerprint density at radius 1 is 0.591 bits per heavy atom. The highest BCUT2D eigenvalue weighted by Gasteiger charge is 2.23. The zero-order valence-corrected chi connectivity index (χ0v) is 15.9. The van der Waals surface area contributed by atoms with Gasteiger partial charge in [0.25, 0.3) is 0 Å². The highest BCUT2D eigenvalue weighted by molar-refractivity contribution is 5.22. The summed E-state index contributed by atoms with van der Waals surface area (Å²) in [6.45, 7) is 23.6. The molecule has 0 aromatic heterocycles. The summed E-state index contributed by atoms with van der Waals surface area (Å²) < 4.78 is 2.39. The van der Waals surface area contributed by atoms with Gasteiger partial charge in [-0.2, -0.15) is 0 Å². The molecule has 1 rings (SSSR count). The van der Waals surface area contributed by atoms with Crippen molar-refractivity contribution in [1.29, 1.82) is 0 Å². The van der Waals surface area contributed by atoms with E-state index in [2.05, 4.69) is 65.8 Å². The summed E-state index contributed by atoms with van der Waals surface area (Å²) in [7, 11) is 0. The van der Waals surface area contributed by atoms with Gasteiger partial charge in [0.1, 0.15) is 13.1 Å². The zero-order valence-electron chi connectivity index (χ0n) is 15.9. The molecule has 0 spiro atoms. The van der Waals surface area contributed by atoms with Crippen LogP contribution in [0.15, 0.2) is 24.3 Å². The average molecular weight is 307 g/mol. The third-order valence-electron chi connectivity index (χ3n) is 6.05. The molecule has 1 aromatic rings. The van der Waals surface area contributed by atoms with Crippen LogP contribution in [-0.4, -0.2) is 48.2 Å². The van der Waals surface area contributed by atoms with Crippen molar-refractivity contribution in [1.82, 2.24) is 0 Å². The number of quaternary nitrogens is 2. The van der Waals surface area contributed by atoms with Gasteiger partial charge in [-0.25, -0.2) is 0 Å². The van der Waals surface area contributed by atoms with E-state index in [-0.39, 0.29) is 0 Å². The highest BCUT2D eigenvalue weighted by Crippen LogP contribution is 2.19. The van der Waals surface area contributed by atoms with E-state index in [1.165, 1.54) is 72.5 Å². The van der Waals surface area contributed by atoms with Crippen LogP contribution in [0.3, 0.4) is 0 Å². The van der Waals surface area contributed by atoms with E-state index in [1.807, 2.05) is 0 Å². The summed E-state index contributed by atoms with van der Waals surface area (Å²) in [6.07, 6.45) is 0. The molecule has 2 nitrogen and oxygen atoms in total. The van der Waals surface area contributed by atoms with Crippen molar-refractivity contribution in [3.05, 3.63) is 35.4 Å². The normalized spacial score (nSPS) is 12.6. The number of hydrogen-bond acceptors (Lipinski definition) is 0. The topological polar surface area (TPSA) is 0 Å². The third kappa shape index (κ3) is 4.57. The zero-order chi connectivity index (χ0) is 16.6. The Balaban J connectivity index is 2.95. The predicted octanol–water partition coefficient (Wildman–Crippen LogP) is 4.44. The van der Waals surface area contributed by atoms with Crippen molar-refractivity contribution < 1.29 is 8.97 Å². The maximum Gasteiger partial charge on any atom is 0.104 e. The number of benzene rings is 1. The minimum Gasteiger partial charge on any atom is -0.321 e. The smallest absolute Gasteiger partial charge is 0.104 e. The Morgan fingerprint density at radius 3 is 1.18 bits per heavy atom. The first kappa shape index (κ1) is 19.2. The SMILES string of the molecule is CC[N+](CC)(CC)Cc1cccc(C[N+](CC)(CC)CC)c1. The molecular weight excluding hydrogens is 268 g/mol. The van der Waals surface area contributed by atoms with Gasteiger partial charge in [0.2, 0.25) is 0 Å². The fourth-order valence-corrected chi connectivity index (χ4v) is 3.61. The van der Waals surface area contributed by atoms with Gasteiger partial charge in [-0.05, 0) is 47.6 Å². The first-order chi connectivity index (χ1) is 10.5. The largest absolute Gasteiger partial charge is 0.321 e. The summed E-state index contributed by atoms with van der Waals surface area (Å²) in [6, 6.07) is 9.35. The molecule has 0 N–H and O–H groups in total. The van der Waals surface area contributed by atoms with Crippen LogP contribution >= 0.6 is 0 Å². The van der Waals surface area contributed by atoms with Gasteiger partial charge in [-0.3, -0.25) is 0 Å². The van der Waals surface area contributed by atoms with Crippen LogP contribution in [0, 0.1) is 0 Å². The van der Waals surface area contributed by atoms with Crippen LogP contribution in [0.5, 0.6) is 0 Å². The van der Waals surface area contributed by atoms with Gasteiger partial charge in [-0.1, -0.05) is 18.2 Å². The maximum absolute atomic E-state index is 2.46. The number of nitrogens with zero attached hydrogens (tertiary/aromatic N) is 2. The van der Waals surface area contributed by atoms with Crippen molar-refractivity contribution in [2.24, 2.45) is 0 Å². The average Bonchev–Trinajstić information content (AvgIpc) is 2.58. The summed E-state index contributed by atoms with van der Waals surface area (Å²) in [4.78, 5) is 0. The lowest BCUT2D eigenvalue weighted by Crippen LogP contribution is -2.47. The summed E-state index contributed by atoms with van der Waals surface area (Å²) in [5, 5.41) is 0. The third-order valence-corrected chi connectivity index (χ3v) is 6.05. The number of rotatable bonds is 10. The summed E-state index contributed by atoms with van der Waals surface area (Å²) >= 11 is 0. The molecule has 0 heterocycles. The van der Waals surface area contributed by atoms with Gasteiger partial charge in [0.15, 0.2) is 0 Å². The highest BCUT2D eigenvalue weighted by atomic mass is 15.3. The quantitative estimate of drug-likeness (QED) is 0.561. The molecule has 0 aliphatic carbocycles. The molecule has 0 aliphatic rings. The lowest BCUT2D eigenvalue weighted by Gasteiger charge is -2.37. The van der Waals surface area contributed by atoms with Crippen molar-refractivity contribution in [2.75, 3.05) is 39.3 Å². The fourth-order valence-electron chi connectivity index (χ4n) is 3.61. The van der Waals surface area contributed by atoms with Crippen LogP contribution in [0.2, 0.25) is 0 Å². The molecule has 0 atom stereocenters. The monoisotopic (exact) mass is 306 g/mol. The Morgan fingerprint density at radius 2 is 0.909 bits per heavy atom. The van der Waals surface area contributed by atoms with E-state index in [4.69, 9.17) is 0 Å². The standard InChI is InChI=1S/C20H38N2/c1-7-21(8-2,9-3)17-19-14-13-15-20(16-19)18-22(10-4,11-5)12-6/h13-16H,7-12,17-18H2,1-6H3/q+2. The van der Waals surface area contributed by atoms with E-state index in [0.717, 1.165) is 0 Å². The lowest BCUT2D eigenvalue weighted by molar-refractivity contribution is -0.936. The second-order valence-electron chi connectivity index (χ2n) is 6.72. The molecule has 0 amide bonds. The second-order valence-corrected chi connectivity index (χ2v) is 6.72. The van der Waals surface area contributed by atoms with Crippen molar-refractivity contribution >= 4 is 0 Å². The number of hydrogen-bond donors (Lipinski definition) is 0. The first-order valence-corrected chi connectivity index (χ1v) is 9.30. The molecule has 0 radical (unpaired) electrons. The minimum absolute atomic E-state index is 1.17. The van der Waals surface area contributed by atoms with Gasteiger partial charge in [0.05, 0.1) is 39.3 Å². The Bertz CT molecular complexity index is 377. The maximum atomic E-state index is 2.46. The molecule has 126 valence electrons. The fraction of sp³-hybridized carbons (Fsp3) is 0.700. The van der Waals surface area contributed by atoms with Crippen molar-refractivity contribution in [3.63, 3.8) is 0 Å². The summed E-state index contributed by atoms with van der Waals surface area (Å²) in [5.41, 5.74) is 3.01. The van der Waals surface area contributed by atoms with E-state index in [0.29, 0.717) is 0 Å². The van der Waals surface area contributed by atoms with E-state index < -0.39 is 0 Å². The molecule has 0 saturated heterocycles. The summed E-state index contributed by atoms with van der Waals surface area (Å²) in [5.74, 6) is 0. The van der Waals surface area contributed by atoms with Crippen LogP contribution in [0.1, 0.15) is 52.7 Å². The predicted molar refractivity (Wildman–Crippen MR) is 97.6 cm³/mol. The van der Waals surface area contributed by atoms with Crippen molar-refractivity contribution in [3.8, 4) is 0 Å². The van der Waals surface area contributed by atoms with Crippen LogP contribution in [-0.2, 0) is 13.1 Å². The molecule has 0 unspecified atom stereocenters. The minimum atomic E-state index is 1.17. The molecule has 0 fully saturated rings. The molecule has 1 aromatic carbocycles. The van der Waals surface area contributed by atoms with Gasteiger partial charge < -0.3 is 8.97 Å². The van der Waals surface area contributed by atoms with Gasteiger partial charge >= 0.3 is 0 Å². The molecule has 0 saturated carbocycles. The van der Waals surface area contributed by atoms with E-state index in [9.17, 15) is 0 Å². The lowest BCUT2D eigenvalue weighted by atomic mass is 10.1. The van der Waals surface area contributed by atoms with Crippen LogP contribution in [0.25, 0.3) is 0 Å². The molecule has 22 heavy (non-hydrogen) atoms. The molecule has 2 heteroatoms. The Kier molecular flexibility index (Phi) is 7.58. The van der Waals surface area contributed by atoms with Crippen molar-refractivity contribution in [2.45, 2.75) is 54.6 Å². The van der Waals surface area contributed by atoms with Gasteiger partial charge in [0, 0.05) is 11.1 Å². The molecular formula is C20H38N2+2.